The van der Waals surface area contributed by atoms with Crippen molar-refractivity contribution in [2.75, 3.05) is 5.73 Å². The van der Waals surface area contributed by atoms with Crippen LogP contribution in [0, 0.1) is 6.92 Å². The van der Waals surface area contributed by atoms with Crippen LogP contribution < -0.4 is 5.73 Å². The molecule has 5 nitrogen and oxygen atoms in total. The van der Waals surface area contributed by atoms with Gasteiger partial charge in [0.2, 0.25) is 0 Å². The normalized spacial score (nSPS) is 16.3. The van der Waals surface area contributed by atoms with Crippen molar-refractivity contribution in [1.29, 1.82) is 0 Å². The first-order chi connectivity index (χ1) is 8.75. The second kappa shape index (κ2) is 4.40. The molecule has 1 heterocycles. The zero-order chi connectivity index (χ0) is 12.5. The number of hydrogen-bond acceptors (Lipinski definition) is 4. The molecule has 1 aromatic heterocycles. The molecular weight excluding hydrogens is 226 g/mol. The predicted molar refractivity (Wildman–Crippen MR) is 69.5 cm³/mol. The second-order valence-electron chi connectivity index (χ2n) is 4.98. The van der Waals surface area contributed by atoms with Crippen LogP contribution >= 0.6 is 0 Å². The smallest absolute Gasteiger partial charge is 0.159 e. The molecule has 5 heteroatoms. The van der Waals surface area contributed by atoms with Crippen LogP contribution in [0.15, 0.2) is 18.2 Å². The fraction of sp³-hybridized carbons (Fsp3) is 0.462. The SMILES string of the molecule is Cc1cc(N)ccc1-n1nnnc1C1CCCC1. The van der Waals surface area contributed by atoms with Gasteiger partial charge in [-0.05, 0) is 54.0 Å². The Morgan fingerprint density at radius 1 is 1.28 bits per heavy atom. The summed E-state index contributed by atoms with van der Waals surface area (Å²) < 4.78 is 1.87. The number of nitrogens with zero attached hydrogens (tertiary/aromatic N) is 4. The van der Waals surface area contributed by atoms with Crippen molar-refractivity contribution in [3.63, 3.8) is 0 Å². The van der Waals surface area contributed by atoms with Gasteiger partial charge in [0.05, 0.1) is 5.69 Å². The topological polar surface area (TPSA) is 69.6 Å². The molecule has 2 N–H and O–H groups in total. The predicted octanol–water partition coefficient (Wildman–Crippen LogP) is 2.21. The van der Waals surface area contributed by atoms with Gasteiger partial charge in [-0.3, -0.25) is 0 Å². The lowest BCUT2D eigenvalue weighted by molar-refractivity contribution is 0.635. The average Bonchev–Trinajstić information content (AvgIpc) is 2.98. The summed E-state index contributed by atoms with van der Waals surface area (Å²) >= 11 is 0. The van der Waals surface area contributed by atoms with E-state index in [0.717, 1.165) is 22.8 Å². The third-order valence-corrected chi connectivity index (χ3v) is 3.66. The minimum atomic E-state index is 0.497. The molecule has 0 saturated heterocycles. The van der Waals surface area contributed by atoms with E-state index in [0.29, 0.717) is 5.92 Å². The third-order valence-electron chi connectivity index (χ3n) is 3.66. The summed E-state index contributed by atoms with van der Waals surface area (Å²) in [7, 11) is 0. The molecule has 1 aliphatic carbocycles. The van der Waals surface area contributed by atoms with E-state index in [1.54, 1.807) is 0 Å². The lowest BCUT2D eigenvalue weighted by Crippen LogP contribution is -2.08. The molecule has 1 fully saturated rings. The van der Waals surface area contributed by atoms with E-state index >= 15 is 0 Å². The fourth-order valence-corrected chi connectivity index (χ4v) is 2.72. The number of rotatable bonds is 2. The summed E-state index contributed by atoms with van der Waals surface area (Å²) in [5.41, 5.74) is 8.67. The summed E-state index contributed by atoms with van der Waals surface area (Å²) in [6.45, 7) is 2.03. The molecule has 0 unspecified atom stereocenters. The monoisotopic (exact) mass is 243 g/mol. The number of aryl methyl sites for hydroxylation is 1. The number of nitrogens with two attached hydrogens (primary N) is 1. The minimum Gasteiger partial charge on any atom is -0.399 e. The van der Waals surface area contributed by atoms with Crippen molar-refractivity contribution in [1.82, 2.24) is 20.2 Å². The molecule has 1 aliphatic rings. The first-order valence-corrected chi connectivity index (χ1v) is 6.40. The minimum absolute atomic E-state index is 0.497. The van der Waals surface area contributed by atoms with Crippen molar-refractivity contribution < 1.29 is 0 Å². The van der Waals surface area contributed by atoms with Crippen molar-refractivity contribution in [2.24, 2.45) is 0 Å². The summed E-state index contributed by atoms with van der Waals surface area (Å²) in [5, 5.41) is 12.2. The van der Waals surface area contributed by atoms with Crippen LogP contribution in [0.1, 0.15) is 43.0 Å². The molecule has 0 spiro atoms. The van der Waals surface area contributed by atoms with E-state index in [4.69, 9.17) is 5.73 Å². The number of aromatic nitrogens is 4. The molecule has 0 aliphatic heterocycles. The fourth-order valence-electron chi connectivity index (χ4n) is 2.72. The van der Waals surface area contributed by atoms with Crippen LogP contribution in [0.2, 0.25) is 0 Å². The maximum absolute atomic E-state index is 5.78. The molecular formula is C13H17N5. The molecule has 1 aromatic carbocycles. The van der Waals surface area contributed by atoms with Crippen molar-refractivity contribution >= 4 is 5.69 Å². The van der Waals surface area contributed by atoms with Crippen molar-refractivity contribution in [3.8, 4) is 5.69 Å². The molecule has 0 amide bonds. The number of hydrogen-bond donors (Lipinski definition) is 1. The van der Waals surface area contributed by atoms with Crippen LogP contribution in [0.4, 0.5) is 5.69 Å². The van der Waals surface area contributed by atoms with E-state index in [9.17, 15) is 0 Å². The lowest BCUT2D eigenvalue weighted by atomic mass is 10.1. The number of anilines is 1. The Morgan fingerprint density at radius 2 is 2.06 bits per heavy atom. The van der Waals surface area contributed by atoms with Gasteiger partial charge in [0.25, 0.3) is 0 Å². The Balaban J connectivity index is 2.03. The molecule has 0 bridgehead atoms. The molecule has 1 saturated carbocycles. The number of benzene rings is 1. The van der Waals surface area contributed by atoms with Crippen LogP contribution in [-0.2, 0) is 0 Å². The molecule has 2 aromatic rings. The van der Waals surface area contributed by atoms with Crippen LogP contribution in [0.5, 0.6) is 0 Å². The summed E-state index contributed by atoms with van der Waals surface area (Å²) in [5.74, 6) is 1.48. The summed E-state index contributed by atoms with van der Waals surface area (Å²) in [6, 6.07) is 5.83. The van der Waals surface area contributed by atoms with Crippen molar-refractivity contribution in [3.05, 3.63) is 29.6 Å². The van der Waals surface area contributed by atoms with Gasteiger partial charge < -0.3 is 5.73 Å². The molecule has 3 rings (SSSR count). The maximum atomic E-state index is 5.78. The van der Waals surface area contributed by atoms with Gasteiger partial charge in [-0.15, -0.1) is 5.10 Å². The zero-order valence-corrected chi connectivity index (χ0v) is 10.5. The van der Waals surface area contributed by atoms with Gasteiger partial charge in [-0.1, -0.05) is 12.8 Å². The number of tetrazole rings is 1. The van der Waals surface area contributed by atoms with Gasteiger partial charge in [-0.25, -0.2) is 0 Å². The molecule has 18 heavy (non-hydrogen) atoms. The van der Waals surface area contributed by atoms with Crippen LogP contribution in [0.3, 0.4) is 0 Å². The Kier molecular flexibility index (Phi) is 2.74. The molecule has 0 atom stereocenters. The summed E-state index contributed by atoms with van der Waals surface area (Å²) in [6.07, 6.45) is 4.93. The van der Waals surface area contributed by atoms with E-state index in [1.165, 1.54) is 25.7 Å². The first-order valence-electron chi connectivity index (χ1n) is 6.40. The zero-order valence-electron chi connectivity index (χ0n) is 10.5. The lowest BCUT2D eigenvalue weighted by Gasteiger charge is -2.11. The maximum Gasteiger partial charge on any atom is 0.159 e. The van der Waals surface area contributed by atoms with Gasteiger partial charge >= 0.3 is 0 Å². The molecule has 0 radical (unpaired) electrons. The quantitative estimate of drug-likeness (QED) is 0.821. The third kappa shape index (κ3) is 1.85. The van der Waals surface area contributed by atoms with Crippen molar-refractivity contribution in [2.45, 2.75) is 38.5 Å². The van der Waals surface area contributed by atoms with Gasteiger partial charge in [0.15, 0.2) is 5.82 Å². The van der Waals surface area contributed by atoms with E-state index in [1.807, 2.05) is 29.8 Å². The van der Waals surface area contributed by atoms with E-state index < -0.39 is 0 Å². The van der Waals surface area contributed by atoms with Crippen LogP contribution in [-0.4, -0.2) is 20.2 Å². The summed E-state index contributed by atoms with van der Waals surface area (Å²) in [4.78, 5) is 0. The highest BCUT2D eigenvalue weighted by atomic mass is 15.5. The Morgan fingerprint density at radius 3 is 2.78 bits per heavy atom. The number of nitrogen functional groups attached to an aromatic ring is 1. The van der Waals surface area contributed by atoms with Crippen LogP contribution in [0.25, 0.3) is 5.69 Å². The molecule has 94 valence electrons. The second-order valence-corrected chi connectivity index (χ2v) is 4.98. The average molecular weight is 243 g/mol. The van der Waals surface area contributed by atoms with Gasteiger partial charge in [0, 0.05) is 11.6 Å². The Bertz CT molecular complexity index is 554. The highest BCUT2D eigenvalue weighted by molar-refractivity contribution is 5.50. The Labute approximate surface area is 106 Å². The highest BCUT2D eigenvalue weighted by Crippen LogP contribution is 2.33. The highest BCUT2D eigenvalue weighted by Gasteiger charge is 2.24. The van der Waals surface area contributed by atoms with E-state index in [-0.39, 0.29) is 0 Å². The standard InChI is InChI=1S/C13H17N5/c1-9-8-11(14)6-7-12(9)18-13(15-16-17-18)10-4-2-3-5-10/h6-8,10H,2-5,14H2,1H3. The first kappa shape index (κ1) is 11.2. The van der Waals surface area contributed by atoms with Gasteiger partial charge in [-0.2, -0.15) is 4.68 Å². The Hall–Kier alpha value is -1.91. The van der Waals surface area contributed by atoms with E-state index in [2.05, 4.69) is 15.5 Å². The van der Waals surface area contributed by atoms with Gasteiger partial charge in [0.1, 0.15) is 0 Å². The largest absolute Gasteiger partial charge is 0.399 e.